The maximum absolute atomic E-state index is 13.1. The molecule has 3 rings (SSSR count). The zero-order valence-electron chi connectivity index (χ0n) is 13.2. The van der Waals surface area contributed by atoms with Gasteiger partial charge in [0.2, 0.25) is 10.0 Å². The van der Waals surface area contributed by atoms with Gasteiger partial charge in [-0.25, -0.2) is 22.6 Å². The second-order valence-electron chi connectivity index (χ2n) is 5.28. The number of carbonyl (C=O) groups is 1. The standard InChI is InChI=1S/C15H12ClFN4O3S2/c1-26(23,24)21-15-20-12-7-9(3-5-13(12)25-15)19-14(22)18-8-2-4-11(17)10(16)6-8/h2-7H,1H3,(H,20,21)(H2,18,19,22). The number of carbonyl (C=O) groups excluding carboxylic acids is 1. The van der Waals surface area contributed by atoms with E-state index in [9.17, 15) is 17.6 Å². The van der Waals surface area contributed by atoms with Crippen LogP contribution in [0.4, 0.5) is 25.7 Å². The lowest BCUT2D eigenvalue weighted by Crippen LogP contribution is -2.19. The Bertz CT molecular complexity index is 1100. The van der Waals surface area contributed by atoms with Crippen molar-refractivity contribution in [1.29, 1.82) is 0 Å². The minimum absolute atomic E-state index is 0.0994. The highest BCUT2D eigenvalue weighted by atomic mass is 35.5. The molecule has 3 aromatic rings. The van der Waals surface area contributed by atoms with Gasteiger partial charge in [-0.05, 0) is 36.4 Å². The van der Waals surface area contributed by atoms with E-state index in [2.05, 4.69) is 20.3 Å². The van der Waals surface area contributed by atoms with E-state index in [4.69, 9.17) is 11.6 Å². The molecular weight excluding hydrogens is 403 g/mol. The molecule has 0 aliphatic rings. The number of anilines is 3. The Kier molecular flexibility index (Phi) is 4.99. The first-order valence-corrected chi connectivity index (χ1v) is 10.2. The van der Waals surface area contributed by atoms with Gasteiger partial charge in [-0.2, -0.15) is 0 Å². The van der Waals surface area contributed by atoms with Crippen molar-refractivity contribution < 1.29 is 17.6 Å². The highest BCUT2D eigenvalue weighted by Gasteiger charge is 2.10. The highest BCUT2D eigenvalue weighted by molar-refractivity contribution is 7.92. The predicted molar refractivity (Wildman–Crippen MR) is 102 cm³/mol. The van der Waals surface area contributed by atoms with Crippen LogP contribution in [0.1, 0.15) is 0 Å². The van der Waals surface area contributed by atoms with Crippen molar-refractivity contribution in [1.82, 2.24) is 4.98 Å². The number of urea groups is 1. The normalized spacial score (nSPS) is 11.3. The molecule has 0 aliphatic carbocycles. The van der Waals surface area contributed by atoms with Gasteiger partial charge in [0.05, 0.1) is 21.5 Å². The number of hydrogen-bond donors (Lipinski definition) is 3. The van der Waals surface area contributed by atoms with E-state index < -0.39 is 21.9 Å². The largest absolute Gasteiger partial charge is 0.323 e. The monoisotopic (exact) mass is 414 g/mol. The molecule has 2 amide bonds. The van der Waals surface area contributed by atoms with E-state index in [-0.39, 0.29) is 10.2 Å². The van der Waals surface area contributed by atoms with Gasteiger partial charge in [-0.1, -0.05) is 22.9 Å². The van der Waals surface area contributed by atoms with E-state index in [0.29, 0.717) is 16.9 Å². The van der Waals surface area contributed by atoms with Gasteiger partial charge in [-0.3, -0.25) is 4.72 Å². The Balaban J connectivity index is 1.73. The molecule has 11 heteroatoms. The number of nitrogens with zero attached hydrogens (tertiary/aromatic N) is 1. The maximum Gasteiger partial charge on any atom is 0.323 e. The first-order valence-electron chi connectivity index (χ1n) is 7.11. The summed E-state index contributed by atoms with van der Waals surface area (Å²) in [5.74, 6) is -0.579. The second-order valence-corrected chi connectivity index (χ2v) is 8.47. The fourth-order valence-electron chi connectivity index (χ4n) is 2.07. The zero-order valence-corrected chi connectivity index (χ0v) is 15.6. The van der Waals surface area contributed by atoms with Crippen molar-refractivity contribution in [2.24, 2.45) is 0 Å². The minimum atomic E-state index is -3.41. The quantitative estimate of drug-likeness (QED) is 0.598. The molecule has 2 aromatic carbocycles. The SMILES string of the molecule is CS(=O)(=O)Nc1nc2cc(NC(=O)Nc3ccc(F)c(Cl)c3)ccc2s1. The van der Waals surface area contributed by atoms with E-state index >= 15 is 0 Å². The van der Waals surface area contributed by atoms with E-state index in [1.54, 1.807) is 18.2 Å². The van der Waals surface area contributed by atoms with E-state index in [1.165, 1.54) is 23.5 Å². The van der Waals surface area contributed by atoms with Crippen LogP contribution in [0.25, 0.3) is 10.2 Å². The van der Waals surface area contributed by atoms with Gasteiger partial charge < -0.3 is 10.6 Å². The number of benzene rings is 2. The summed E-state index contributed by atoms with van der Waals surface area (Å²) >= 11 is 6.85. The average Bonchev–Trinajstić information content (AvgIpc) is 2.90. The number of fused-ring (bicyclic) bond motifs is 1. The number of thiazole rings is 1. The Labute approximate surface area is 157 Å². The Morgan fingerprint density at radius 1 is 1.15 bits per heavy atom. The van der Waals surface area contributed by atoms with Crippen LogP contribution in [0.2, 0.25) is 5.02 Å². The molecule has 0 bridgehead atoms. The van der Waals surface area contributed by atoms with Crippen molar-refractivity contribution in [3.05, 3.63) is 47.2 Å². The number of sulfonamides is 1. The molecule has 7 nitrogen and oxygen atoms in total. The van der Waals surface area contributed by atoms with Gasteiger partial charge in [0, 0.05) is 11.4 Å². The molecule has 3 N–H and O–H groups in total. The van der Waals surface area contributed by atoms with Crippen LogP contribution in [-0.2, 0) is 10.0 Å². The average molecular weight is 415 g/mol. The van der Waals surface area contributed by atoms with E-state index in [1.807, 2.05) is 0 Å². The number of halogens is 2. The van der Waals surface area contributed by atoms with Crippen LogP contribution >= 0.6 is 22.9 Å². The van der Waals surface area contributed by atoms with Crippen LogP contribution in [0.5, 0.6) is 0 Å². The molecule has 1 heterocycles. The summed E-state index contributed by atoms with van der Waals surface area (Å²) in [5.41, 5.74) is 1.33. The summed E-state index contributed by atoms with van der Waals surface area (Å²) in [6, 6.07) is 8.26. The summed E-state index contributed by atoms with van der Waals surface area (Å²) in [7, 11) is -3.41. The molecule has 0 aliphatic heterocycles. The molecule has 1 aromatic heterocycles. The summed E-state index contributed by atoms with van der Waals surface area (Å²) in [6.07, 6.45) is 1.04. The summed E-state index contributed by atoms with van der Waals surface area (Å²) < 4.78 is 38.7. The number of rotatable bonds is 4. The van der Waals surface area contributed by atoms with Crippen LogP contribution in [0.3, 0.4) is 0 Å². The van der Waals surface area contributed by atoms with Crippen molar-refractivity contribution in [3.63, 3.8) is 0 Å². The molecule has 0 fully saturated rings. The van der Waals surface area contributed by atoms with E-state index in [0.717, 1.165) is 17.0 Å². The maximum atomic E-state index is 13.1. The van der Waals surface area contributed by atoms with Gasteiger partial charge in [0.1, 0.15) is 5.82 Å². The predicted octanol–water partition coefficient (Wildman–Crippen LogP) is 4.10. The van der Waals surface area contributed by atoms with Crippen molar-refractivity contribution in [2.75, 3.05) is 21.6 Å². The Morgan fingerprint density at radius 2 is 1.81 bits per heavy atom. The van der Waals surface area contributed by atoms with Gasteiger partial charge in [0.25, 0.3) is 0 Å². The number of amides is 2. The van der Waals surface area contributed by atoms with Crippen molar-refractivity contribution in [2.45, 2.75) is 0 Å². The third-order valence-electron chi connectivity index (χ3n) is 3.10. The fraction of sp³-hybridized carbons (Fsp3) is 0.0667. The molecule has 0 radical (unpaired) electrons. The lowest BCUT2D eigenvalue weighted by atomic mass is 10.3. The lowest BCUT2D eigenvalue weighted by molar-refractivity contribution is 0.262. The lowest BCUT2D eigenvalue weighted by Gasteiger charge is -2.08. The first kappa shape index (κ1) is 18.4. The topological polar surface area (TPSA) is 100 Å². The fourth-order valence-corrected chi connectivity index (χ4v) is 3.94. The van der Waals surface area contributed by atoms with Gasteiger partial charge in [-0.15, -0.1) is 0 Å². The summed E-state index contributed by atoms with van der Waals surface area (Å²) in [4.78, 5) is 16.2. The van der Waals surface area contributed by atoms with Crippen LogP contribution in [-0.4, -0.2) is 25.7 Å². The Hall–Kier alpha value is -2.43. The zero-order chi connectivity index (χ0) is 18.9. The van der Waals surface area contributed by atoms with Crippen molar-refractivity contribution >= 4 is 65.7 Å². The third-order valence-corrected chi connectivity index (χ3v) is 5.03. The number of hydrogen-bond acceptors (Lipinski definition) is 5. The second kappa shape index (κ2) is 7.06. The number of aromatic nitrogens is 1. The smallest absolute Gasteiger partial charge is 0.308 e. The third kappa shape index (κ3) is 4.59. The molecule has 0 unspecified atom stereocenters. The highest BCUT2D eigenvalue weighted by Crippen LogP contribution is 2.28. The molecule has 136 valence electrons. The summed E-state index contributed by atoms with van der Waals surface area (Å²) in [5, 5.41) is 5.29. The molecular formula is C15H12ClFN4O3S2. The van der Waals surface area contributed by atoms with Crippen molar-refractivity contribution in [3.8, 4) is 0 Å². The van der Waals surface area contributed by atoms with Crippen LogP contribution in [0, 0.1) is 5.82 Å². The van der Waals surface area contributed by atoms with Crippen LogP contribution < -0.4 is 15.4 Å². The molecule has 0 spiro atoms. The summed E-state index contributed by atoms with van der Waals surface area (Å²) in [6.45, 7) is 0. The van der Waals surface area contributed by atoms with Gasteiger partial charge >= 0.3 is 6.03 Å². The number of nitrogens with one attached hydrogen (secondary N) is 3. The minimum Gasteiger partial charge on any atom is -0.308 e. The van der Waals surface area contributed by atoms with Gasteiger partial charge in [0.15, 0.2) is 5.13 Å². The molecule has 0 atom stereocenters. The first-order chi connectivity index (χ1) is 12.2. The van der Waals surface area contributed by atoms with Crippen LogP contribution in [0.15, 0.2) is 36.4 Å². The molecule has 0 saturated heterocycles. The molecule has 0 saturated carbocycles. The molecule has 26 heavy (non-hydrogen) atoms. The Morgan fingerprint density at radius 3 is 2.46 bits per heavy atom.